The smallest absolute Gasteiger partial charge is 0.145 e. The molecule has 0 radical (unpaired) electrons. The van der Waals surface area contributed by atoms with E-state index in [2.05, 4.69) is 175 Å². The first-order valence-electron chi connectivity index (χ1n) is 19.6. The highest BCUT2D eigenvalue weighted by atomic mass is 16.3. The van der Waals surface area contributed by atoms with Gasteiger partial charge in [-0.1, -0.05) is 127 Å². The quantitative estimate of drug-likeness (QED) is 0.170. The molecule has 0 atom stereocenters. The van der Waals surface area contributed by atoms with Crippen LogP contribution in [-0.2, 0) is 0 Å². The third-order valence-electron chi connectivity index (χ3n) is 11.5. The van der Waals surface area contributed by atoms with Crippen LogP contribution in [0.4, 0.5) is 17.1 Å². The van der Waals surface area contributed by atoms with Crippen LogP contribution >= 0.6 is 0 Å². The largest absolute Gasteiger partial charge is 0.456 e. The number of benzene rings is 9. The first-order chi connectivity index (χ1) is 28.7. The van der Waals surface area contributed by atoms with E-state index in [1.54, 1.807) is 0 Å². The highest BCUT2D eigenvalue weighted by molar-refractivity contribution is 6.17. The second-order valence-corrected chi connectivity index (χ2v) is 14.8. The number of para-hydroxylation sites is 5. The minimum atomic E-state index is 0.845. The van der Waals surface area contributed by atoms with Crippen molar-refractivity contribution in [1.82, 2.24) is 0 Å². The van der Waals surface area contributed by atoms with Crippen molar-refractivity contribution in [3.05, 3.63) is 200 Å². The van der Waals surface area contributed by atoms with Gasteiger partial charge in [-0.15, -0.1) is 0 Å². The van der Waals surface area contributed by atoms with Gasteiger partial charge in [0.25, 0.3) is 0 Å². The molecular weight excluding hydrogens is 711 g/mol. The Kier molecular flexibility index (Phi) is 7.20. The van der Waals surface area contributed by atoms with Crippen molar-refractivity contribution in [1.29, 1.82) is 0 Å². The van der Waals surface area contributed by atoms with Gasteiger partial charge in [0.1, 0.15) is 33.5 Å². The van der Waals surface area contributed by atoms with E-state index < -0.39 is 0 Å². The fraction of sp³-hybridized carbons (Fsp3) is 0. The second-order valence-electron chi connectivity index (χ2n) is 14.8. The summed E-state index contributed by atoms with van der Waals surface area (Å²) in [5.74, 6) is 0. The molecule has 0 aliphatic rings. The molecule has 12 aromatic rings. The SMILES string of the molecule is c1ccc(N(c2ccc(-c3cccc4c3oc3ccccc34)cc2)c2ccc(-c3cccc(-c4ccc5c(c4)oc4ccccc45)c3)c3oc4ccccc4c23)cc1. The normalized spacial score (nSPS) is 11.8. The molecule has 0 amide bonds. The zero-order valence-electron chi connectivity index (χ0n) is 31.2. The second kappa shape index (κ2) is 12.9. The maximum absolute atomic E-state index is 6.83. The first kappa shape index (κ1) is 32.4. The van der Waals surface area contributed by atoms with Gasteiger partial charge < -0.3 is 18.2 Å². The molecular formula is C54H33NO3. The lowest BCUT2D eigenvalue weighted by molar-refractivity contribution is 0.669. The van der Waals surface area contributed by atoms with Crippen molar-refractivity contribution in [2.45, 2.75) is 0 Å². The van der Waals surface area contributed by atoms with Crippen LogP contribution in [0, 0.1) is 0 Å². The van der Waals surface area contributed by atoms with Crippen LogP contribution in [0.5, 0.6) is 0 Å². The summed E-state index contributed by atoms with van der Waals surface area (Å²) in [4.78, 5) is 2.33. The summed E-state index contributed by atoms with van der Waals surface area (Å²) in [5.41, 5.74) is 14.9. The number of furan rings is 3. The molecule has 0 aliphatic carbocycles. The Hall–Kier alpha value is -7.82. The van der Waals surface area contributed by atoms with Gasteiger partial charge in [-0.05, 0) is 95.1 Å². The van der Waals surface area contributed by atoms with Crippen LogP contribution in [0.15, 0.2) is 213 Å². The van der Waals surface area contributed by atoms with E-state index in [9.17, 15) is 0 Å². The van der Waals surface area contributed by atoms with E-state index in [1.165, 1.54) is 0 Å². The molecule has 0 spiro atoms. The van der Waals surface area contributed by atoms with Gasteiger partial charge in [-0.2, -0.15) is 0 Å². The molecule has 9 aromatic carbocycles. The third kappa shape index (κ3) is 5.09. The lowest BCUT2D eigenvalue weighted by Crippen LogP contribution is -2.10. The standard InChI is InChI=1S/C54H33NO3/c1-2-14-38(15-3-1)55(39-27-24-34(25-28-39)40-19-11-20-45-43-17-5-8-22-49(43)57-53(40)45)47-31-30-41(54-52(47)46-18-6-9-23-50(46)58-54)37-13-10-12-35(32-37)36-26-29-44-42-16-4-7-21-48(42)56-51(44)33-36/h1-33H. The van der Waals surface area contributed by atoms with Crippen molar-refractivity contribution >= 4 is 82.9 Å². The highest BCUT2D eigenvalue weighted by Crippen LogP contribution is 2.47. The molecule has 3 heterocycles. The number of fused-ring (bicyclic) bond motifs is 9. The molecule has 0 fully saturated rings. The Labute approximate surface area is 333 Å². The highest BCUT2D eigenvalue weighted by Gasteiger charge is 2.23. The van der Waals surface area contributed by atoms with Crippen molar-refractivity contribution in [2.24, 2.45) is 0 Å². The topological polar surface area (TPSA) is 42.7 Å². The van der Waals surface area contributed by atoms with Crippen LogP contribution in [0.1, 0.15) is 0 Å². The molecule has 0 saturated heterocycles. The van der Waals surface area contributed by atoms with Gasteiger partial charge in [0, 0.05) is 49.4 Å². The predicted octanol–water partition coefficient (Wildman–Crippen LogP) is 15.9. The van der Waals surface area contributed by atoms with E-state index in [0.29, 0.717) is 0 Å². The Morgan fingerprint density at radius 1 is 0.293 bits per heavy atom. The Balaban J connectivity index is 0.997. The van der Waals surface area contributed by atoms with Crippen LogP contribution in [-0.4, -0.2) is 0 Å². The number of hydrogen-bond acceptors (Lipinski definition) is 4. The Morgan fingerprint density at radius 3 is 1.66 bits per heavy atom. The van der Waals surface area contributed by atoms with Gasteiger partial charge in [-0.25, -0.2) is 0 Å². The van der Waals surface area contributed by atoms with Crippen molar-refractivity contribution in [3.8, 4) is 33.4 Å². The molecule has 0 saturated carbocycles. The van der Waals surface area contributed by atoms with Crippen LogP contribution in [0.2, 0.25) is 0 Å². The number of anilines is 3. The number of hydrogen-bond donors (Lipinski definition) is 0. The lowest BCUT2D eigenvalue weighted by atomic mass is 9.96. The zero-order chi connectivity index (χ0) is 38.2. The monoisotopic (exact) mass is 743 g/mol. The van der Waals surface area contributed by atoms with Crippen molar-refractivity contribution in [3.63, 3.8) is 0 Å². The van der Waals surface area contributed by atoms with Gasteiger partial charge in [0.2, 0.25) is 0 Å². The zero-order valence-corrected chi connectivity index (χ0v) is 31.2. The summed E-state index contributed by atoms with van der Waals surface area (Å²) in [6.45, 7) is 0. The van der Waals surface area contributed by atoms with Gasteiger partial charge >= 0.3 is 0 Å². The summed E-state index contributed by atoms with van der Waals surface area (Å²) in [6.07, 6.45) is 0. The maximum Gasteiger partial charge on any atom is 0.145 e. The minimum Gasteiger partial charge on any atom is -0.456 e. The van der Waals surface area contributed by atoms with Crippen molar-refractivity contribution < 1.29 is 13.3 Å². The molecule has 0 N–H and O–H groups in total. The molecule has 272 valence electrons. The summed E-state index contributed by atoms with van der Waals surface area (Å²) < 4.78 is 19.5. The van der Waals surface area contributed by atoms with E-state index in [0.717, 1.165) is 116 Å². The van der Waals surface area contributed by atoms with Crippen LogP contribution in [0.25, 0.3) is 99.2 Å². The molecule has 3 aromatic heterocycles. The molecule has 4 nitrogen and oxygen atoms in total. The summed E-state index contributed by atoms with van der Waals surface area (Å²) in [5, 5.41) is 6.62. The van der Waals surface area contributed by atoms with Gasteiger partial charge in [0.15, 0.2) is 0 Å². The maximum atomic E-state index is 6.83. The van der Waals surface area contributed by atoms with E-state index >= 15 is 0 Å². The van der Waals surface area contributed by atoms with Crippen molar-refractivity contribution in [2.75, 3.05) is 4.90 Å². The van der Waals surface area contributed by atoms with E-state index in [1.807, 2.05) is 30.3 Å². The van der Waals surface area contributed by atoms with E-state index in [4.69, 9.17) is 13.3 Å². The fourth-order valence-corrected chi connectivity index (χ4v) is 8.76. The van der Waals surface area contributed by atoms with Crippen LogP contribution < -0.4 is 4.90 Å². The average Bonchev–Trinajstić information content (AvgIpc) is 3.99. The molecule has 0 unspecified atom stereocenters. The fourth-order valence-electron chi connectivity index (χ4n) is 8.76. The Morgan fingerprint density at radius 2 is 0.845 bits per heavy atom. The number of rotatable bonds is 6. The molecule has 4 heteroatoms. The minimum absolute atomic E-state index is 0.845. The van der Waals surface area contributed by atoms with Crippen LogP contribution in [0.3, 0.4) is 0 Å². The summed E-state index contributed by atoms with van der Waals surface area (Å²) in [7, 11) is 0. The first-order valence-corrected chi connectivity index (χ1v) is 19.6. The van der Waals surface area contributed by atoms with Gasteiger partial charge in [0.05, 0.1) is 11.1 Å². The van der Waals surface area contributed by atoms with Gasteiger partial charge in [-0.3, -0.25) is 0 Å². The average molecular weight is 744 g/mol. The number of nitrogens with zero attached hydrogens (tertiary/aromatic N) is 1. The Bertz CT molecular complexity index is 3520. The molecule has 58 heavy (non-hydrogen) atoms. The predicted molar refractivity (Wildman–Crippen MR) is 239 cm³/mol. The molecule has 0 aliphatic heterocycles. The summed E-state index contributed by atoms with van der Waals surface area (Å²) >= 11 is 0. The molecule has 0 bridgehead atoms. The third-order valence-corrected chi connectivity index (χ3v) is 11.5. The molecule has 12 rings (SSSR count). The summed E-state index contributed by atoms with van der Waals surface area (Å²) in [6, 6.07) is 70.2. The van der Waals surface area contributed by atoms with E-state index in [-0.39, 0.29) is 0 Å². The lowest BCUT2D eigenvalue weighted by Gasteiger charge is -2.27.